The second kappa shape index (κ2) is 11.0. The molecule has 0 radical (unpaired) electrons. The van der Waals surface area contributed by atoms with E-state index in [1.54, 1.807) is 35.2 Å². The van der Waals surface area contributed by atoms with E-state index in [1.165, 1.54) is 48.2 Å². The number of phenols is 1. The zero-order chi connectivity index (χ0) is 27.7. The Morgan fingerprint density at radius 3 is 2.15 bits per heavy atom. The van der Waals surface area contributed by atoms with Crippen LogP contribution in [0.3, 0.4) is 0 Å². The number of carbonyl (C=O) groups is 1. The van der Waals surface area contributed by atoms with E-state index in [0.717, 1.165) is 0 Å². The highest BCUT2D eigenvalue weighted by atomic mass is 32.2. The highest BCUT2D eigenvalue weighted by Gasteiger charge is 2.50. The molecular formula is C29H25FNO6PS. The van der Waals surface area contributed by atoms with Gasteiger partial charge in [-0.3, -0.25) is 9.36 Å². The van der Waals surface area contributed by atoms with Crippen molar-refractivity contribution in [2.24, 2.45) is 0 Å². The molecule has 1 aliphatic heterocycles. The van der Waals surface area contributed by atoms with E-state index in [1.807, 2.05) is 30.3 Å². The van der Waals surface area contributed by atoms with Crippen molar-refractivity contribution < 1.29 is 33.7 Å². The molecule has 3 unspecified atom stereocenters. The number of halogens is 1. The number of thioether (sulfide) groups is 1. The van der Waals surface area contributed by atoms with Gasteiger partial charge < -0.3 is 24.9 Å². The van der Waals surface area contributed by atoms with Crippen molar-refractivity contribution in [2.75, 3.05) is 10.7 Å². The quantitative estimate of drug-likeness (QED) is 0.177. The Morgan fingerprint density at radius 1 is 0.897 bits per heavy atom. The molecule has 10 heteroatoms. The van der Waals surface area contributed by atoms with Crippen LogP contribution < -0.4 is 10.2 Å². The smallest absolute Gasteiger partial charge is 0.356 e. The van der Waals surface area contributed by atoms with E-state index in [-0.39, 0.29) is 22.7 Å². The molecule has 200 valence electrons. The lowest BCUT2D eigenvalue weighted by Gasteiger charge is -2.47. The van der Waals surface area contributed by atoms with Crippen LogP contribution in [0.1, 0.15) is 23.3 Å². The molecule has 39 heavy (non-hydrogen) atoms. The Morgan fingerprint density at radius 2 is 1.54 bits per heavy atom. The normalized spacial score (nSPS) is 18.1. The summed E-state index contributed by atoms with van der Waals surface area (Å²) in [5, 5.41) is 21.0. The molecule has 4 aromatic carbocycles. The number of aromatic hydroxyl groups is 1. The van der Waals surface area contributed by atoms with E-state index in [0.29, 0.717) is 27.9 Å². The van der Waals surface area contributed by atoms with E-state index in [9.17, 15) is 33.7 Å². The Bertz CT molecular complexity index is 1530. The number of para-hydroxylation sites is 1. The molecule has 5 rings (SSSR count). The zero-order valence-corrected chi connectivity index (χ0v) is 22.2. The van der Waals surface area contributed by atoms with Gasteiger partial charge in [-0.05, 0) is 59.2 Å². The van der Waals surface area contributed by atoms with Gasteiger partial charge in [0.25, 0.3) is 0 Å². The van der Waals surface area contributed by atoms with Gasteiger partial charge >= 0.3 is 7.60 Å². The van der Waals surface area contributed by atoms with E-state index in [4.69, 9.17) is 0 Å². The number of aliphatic hydroxyl groups excluding tert-OH is 1. The van der Waals surface area contributed by atoms with Crippen molar-refractivity contribution in [1.82, 2.24) is 0 Å². The largest absolute Gasteiger partial charge is 0.508 e. The molecule has 7 nitrogen and oxygen atoms in total. The van der Waals surface area contributed by atoms with Gasteiger partial charge in [0.1, 0.15) is 16.8 Å². The van der Waals surface area contributed by atoms with Gasteiger partial charge in [0, 0.05) is 17.0 Å². The molecule has 0 saturated carbocycles. The molecule has 0 aliphatic carbocycles. The van der Waals surface area contributed by atoms with Crippen LogP contribution in [0.25, 0.3) is 11.1 Å². The van der Waals surface area contributed by atoms with Crippen LogP contribution in [0.15, 0.2) is 97.1 Å². The van der Waals surface area contributed by atoms with Gasteiger partial charge in [-0.15, -0.1) is 11.8 Å². The first kappa shape index (κ1) is 27.1. The number of benzene rings is 4. The number of phenolic OH excluding ortho intramolecular Hbond substituents is 1. The number of carbonyl (C=O) groups excluding carboxylic acids is 1. The van der Waals surface area contributed by atoms with E-state index < -0.39 is 30.8 Å². The van der Waals surface area contributed by atoms with Crippen LogP contribution in [0, 0.1) is 5.82 Å². The molecule has 1 amide bonds. The first-order valence-corrected chi connectivity index (χ1v) is 14.7. The molecule has 1 fully saturated rings. The van der Waals surface area contributed by atoms with Crippen molar-refractivity contribution >= 4 is 36.3 Å². The van der Waals surface area contributed by atoms with Crippen molar-refractivity contribution in [1.29, 1.82) is 0 Å². The molecular weight excluding hydrogens is 540 g/mol. The summed E-state index contributed by atoms with van der Waals surface area (Å²) in [4.78, 5) is 33.6. The molecule has 3 atom stereocenters. The topological polar surface area (TPSA) is 118 Å². The standard InChI is InChI=1S/C29H25FNO6PS/c30-21-11-6-19(7-12-21)26(33)17-39-28-27(31(29(28)34)22-4-2-1-3-5-22)24-15-10-20(16-25(24)32)18-8-13-23(14-9-18)38(35,36)37/h1-16,26-28,32-33H,17H2,(H2,35,36,37). The van der Waals surface area contributed by atoms with Crippen molar-refractivity contribution in [3.8, 4) is 16.9 Å². The minimum atomic E-state index is -4.37. The van der Waals surface area contributed by atoms with Crippen LogP contribution >= 0.6 is 19.4 Å². The number of rotatable bonds is 8. The molecule has 1 saturated heterocycles. The zero-order valence-electron chi connectivity index (χ0n) is 20.5. The molecule has 0 aromatic heterocycles. The van der Waals surface area contributed by atoms with Gasteiger partial charge in [0.15, 0.2) is 0 Å². The van der Waals surface area contributed by atoms with Crippen molar-refractivity contribution in [3.05, 3.63) is 114 Å². The molecule has 0 spiro atoms. The number of hydrogen-bond acceptors (Lipinski definition) is 5. The summed E-state index contributed by atoms with van der Waals surface area (Å²) < 4.78 is 24.7. The lowest BCUT2D eigenvalue weighted by molar-refractivity contribution is -0.123. The Balaban J connectivity index is 1.42. The van der Waals surface area contributed by atoms with E-state index in [2.05, 4.69) is 0 Å². The number of anilines is 1. The Kier molecular flexibility index (Phi) is 7.62. The maximum Gasteiger partial charge on any atom is 0.356 e. The maximum atomic E-state index is 13.3. The molecule has 1 heterocycles. The van der Waals surface area contributed by atoms with Gasteiger partial charge in [0.2, 0.25) is 5.91 Å². The van der Waals surface area contributed by atoms with Gasteiger partial charge in [-0.2, -0.15) is 0 Å². The summed E-state index contributed by atoms with van der Waals surface area (Å²) in [6.45, 7) is 0. The summed E-state index contributed by atoms with van der Waals surface area (Å²) in [7, 11) is -4.37. The Hall–Kier alpha value is -3.46. The fourth-order valence-electron chi connectivity index (χ4n) is 4.60. The van der Waals surface area contributed by atoms with Gasteiger partial charge in [-0.25, -0.2) is 4.39 Å². The lowest BCUT2D eigenvalue weighted by atomic mass is 9.90. The summed E-state index contributed by atoms with van der Waals surface area (Å²) >= 11 is 1.27. The fourth-order valence-corrected chi connectivity index (χ4v) is 6.43. The number of hydrogen-bond donors (Lipinski definition) is 4. The SMILES string of the molecule is O=C1C(SCC(O)c2ccc(F)cc2)C(c2ccc(-c3ccc(P(=O)(O)O)cc3)cc2O)N1c1ccccc1. The molecule has 4 N–H and O–H groups in total. The highest BCUT2D eigenvalue weighted by molar-refractivity contribution is 8.00. The summed E-state index contributed by atoms with van der Waals surface area (Å²) in [6, 6.07) is 25.1. The third kappa shape index (κ3) is 5.64. The third-order valence-corrected chi connectivity index (χ3v) is 8.95. The predicted molar refractivity (Wildman–Crippen MR) is 149 cm³/mol. The minimum absolute atomic E-state index is 0.0327. The predicted octanol–water partition coefficient (Wildman–Crippen LogP) is 4.92. The van der Waals surface area contributed by atoms with Crippen LogP contribution in [0.4, 0.5) is 10.1 Å². The van der Waals surface area contributed by atoms with Crippen LogP contribution in [0.5, 0.6) is 5.75 Å². The maximum absolute atomic E-state index is 13.3. The second-order valence-corrected chi connectivity index (χ2v) is 12.0. The van der Waals surface area contributed by atoms with Gasteiger partial charge in [-0.1, -0.05) is 54.6 Å². The van der Waals surface area contributed by atoms with Crippen LogP contribution in [-0.4, -0.2) is 36.9 Å². The number of β-lactam (4-membered cyclic amide) rings is 1. The minimum Gasteiger partial charge on any atom is -0.508 e. The Labute approximate surface area is 228 Å². The van der Waals surface area contributed by atoms with Crippen LogP contribution in [0.2, 0.25) is 0 Å². The van der Waals surface area contributed by atoms with Crippen molar-refractivity contribution in [2.45, 2.75) is 17.4 Å². The van der Waals surface area contributed by atoms with E-state index >= 15 is 0 Å². The second-order valence-electron chi connectivity index (χ2n) is 9.17. The summed E-state index contributed by atoms with van der Waals surface area (Å²) in [6.07, 6.45) is -0.901. The lowest BCUT2D eigenvalue weighted by Crippen LogP contribution is -2.57. The first-order chi connectivity index (χ1) is 18.6. The first-order valence-electron chi connectivity index (χ1n) is 12.1. The highest BCUT2D eigenvalue weighted by Crippen LogP contribution is 2.48. The molecule has 4 aromatic rings. The average Bonchev–Trinajstić information content (AvgIpc) is 2.92. The van der Waals surface area contributed by atoms with Gasteiger partial charge in [0.05, 0.1) is 17.5 Å². The van der Waals surface area contributed by atoms with Crippen LogP contribution in [-0.2, 0) is 9.36 Å². The average molecular weight is 566 g/mol. The number of aliphatic hydroxyl groups is 1. The molecule has 1 aliphatic rings. The monoisotopic (exact) mass is 565 g/mol. The fraction of sp³-hybridized carbons (Fsp3) is 0.138. The summed E-state index contributed by atoms with van der Waals surface area (Å²) in [5.74, 6) is -0.386. The van der Waals surface area contributed by atoms with Crippen molar-refractivity contribution in [3.63, 3.8) is 0 Å². The number of nitrogens with zero attached hydrogens (tertiary/aromatic N) is 1. The third-order valence-electron chi connectivity index (χ3n) is 6.65. The molecule has 0 bridgehead atoms. The summed E-state index contributed by atoms with van der Waals surface area (Å²) in [5.41, 5.74) is 3.06. The number of amides is 1.